The summed E-state index contributed by atoms with van der Waals surface area (Å²) in [6, 6.07) is 5.75. The van der Waals surface area contributed by atoms with Crippen molar-refractivity contribution in [3.8, 4) is 0 Å². The fourth-order valence-corrected chi connectivity index (χ4v) is 2.08. The Kier molecular flexibility index (Phi) is 4.26. The molecule has 0 unspecified atom stereocenters. The Bertz CT molecular complexity index is 747. The molecule has 6 nitrogen and oxygen atoms in total. The summed E-state index contributed by atoms with van der Waals surface area (Å²) in [5.41, 5.74) is -0.755. The van der Waals surface area contributed by atoms with Gasteiger partial charge in [-0.25, -0.2) is 4.79 Å². The molecule has 8 heteroatoms. The number of H-pyrrole nitrogens is 1. The van der Waals surface area contributed by atoms with Crippen LogP contribution in [0.2, 0.25) is 10.0 Å². The predicted molar refractivity (Wildman–Crippen MR) is 76.4 cm³/mol. The van der Waals surface area contributed by atoms with Gasteiger partial charge >= 0.3 is 5.69 Å². The summed E-state index contributed by atoms with van der Waals surface area (Å²) in [7, 11) is 0. The van der Waals surface area contributed by atoms with Crippen LogP contribution in [0.15, 0.2) is 40.1 Å². The van der Waals surface area contributed by atoms with Crippen LogP contribution in [0.4, 0.5) is 5.69 Å². The fraction of sp³-hybridized carbons (Fsp3) is 0.0833. The van der Waals surface area contributed by atoms with Crippen LogP contribution in [0.1, 0.15) is 0 Å². The molecule has 1 aromatic carbocycles. The van der Waals surface area contributed by atoms with Gasteiger partial charge in [0.2, 0.25) is 5.91 Å². The zero-order valence-electron chi connectivity index (χ0n) is 10.0. The summed E-state index contributed by atoms with van der Waals surface area (Å²) >= 11 is 11.6. The summed E-state index contributed by atoms with van der Waals surface area (Å²) in [5, 5.41) is 3.32. The number of rotatable bonds is 3. The Balaban J connectivity index is 2.13. The zero-order chi connectivity index (χ0) is 14.7. The topological polar surface area (TPSA) is 84.0 Å². The third-order valence-corrected chi connectivity index (χ3v) is 2.79. The Morgan fingerprint density at radius 1 is 1.20 bits per heavy atom. The number of carbonyl (C=O) groups excluding carboxylic acids is 1. The van der Waals surface area contributed by atoms with Gasteiger partial charge in [0, 0.05) is 28.0 Å². The second kappa shape index (κ2) is 5.94. The second-order valence-corrected chi connectivity index (χ2v) is 4.82. The third-order valence-electron chi connectivity index (χ3n) is 2.36. The van der Waals surface area contributed by atoms with E-state index >= 15 is 0 Å². The first kappa shape index (κ1) is 14.4. The van der Waals surface area contributed by atoms with Crippen LogP contribution in [0.25, 0.3) is 0 Å². The fourth-order valence-electron chi connectivity index (χ4n) is 1.55. The van der Waals surface area contributed by atoms with Gasteiger partial charge in [0.1, 0.15) is 6.54 Å². The van der Waals surface area contributed by atoms with Crippen molar-refractivity contribution in [3.63, 3.8) is 0 Å². The van der Waals surface area contributed by atoms with Crippen LogP contribution >= 0.6 is 23.2 Å². The highest BCUT2D eigenvalue weighted by atomic mass is 35.5. The number of anilines is 1. The van der Waals surface area contributed by atoms with Crippen molar-refractivity contribution in [1.82, 2.24) is 9.55 Å². The van der Waals surface area contributed by atoms with Gasteiger partial charge in [-0.1, -0.05) is 23.2 Å². The monoisotopic (exact) mass is 313 g/mol. The molecule has 0 aliphatic heterocycles. The van der Waals surface area contributed by atoms with E-state index in [4.69, 9.17) is 23.2 Å². The number of nitrogens with one attached hydrogen (secondary N) is 2. The average molecular weight is 314 g/mol. The third kappa shape index (κ3) is 3.72. The van der Waals surface area contributed by atoms with Crippen LogP contribution in [-0.2, 0) is 11.3 Å². The standard InChI is InChI=1S/C12H9Cl2N3O3/c13-7-3-8(14)5-9(4-7)15-11(19)6-17-2-1-10(18)16-12(17)20/h1-5H,6H2,(H,15,19)(H,16,18,20). The molecule has 2 rings (SSSR count). The van der Waals surface area contributed by atoms with E-state index in [1.54, 1.807) is 0 Å². The number of hydrogen-bond donors (Lipinski definition) is 2. The molecule has 0 fully saturated rings. The molecule has 0 atom stereocenters. The molecule has 0 bridgehead atoms. The van der Waals surface area contributed by atoms with Crippen LogP contribution in [0.5, 0.6) is 0 Å². The van der Waals surface area contributed by atoms with E-state index in [0.29, 0.717) is 15.7 Å². The minimum Gasteiger partial charge on any atom is -0.324 e. The molecule has 0 aliphatic rings. The van der Waals surface area contributed by atoms with Gasteiger partial charge in [-0.15, -0.1) is 0 Å². The smallest absolute Gasteiger partial charge is 0.324 e. The largest absolute Gasteiger partial charge is 0.328 e. The Labute approximate surface area is 123 Å². The lowest BCUT2D eigenvalue weighted by atomic mass is 10.3. The van der Waals surface area contributed by atoms with Gasteiger partial charge in [0.15, 0.2) is 0 Å². The van der Waals surface area contributed by atoms with Crippen LogP contribution in [-0.4, -0.2) is 15.5 Å². The quantitative estimate of drug-likeness (QED) is 0.900. The maximum Gasteiger partial charge on any atom is 0.328 e. The molecule has 1 aromatic heterocycles. The highest BCUT2D eigenvalue weighted by Crippen LogP contribution is 2.22. The lowest BCUT2D eigenvalue weighted by Gasteiger charge is -2.07. The molecule has 1 amide bonds. The van der Waals surface area contributed by atoms with Crippen LogP contribution in [0.3, 0.4) is 0 Å². The van der Waals surface area contributed by atoms with E-state index < -0.39 is 17.2 Å². The number of halogens is 2. The second-order valence-electron chi connectivity index (χ2n) is 3.94. The van der Waals surface area contributed by atoms with Crippen molar-refractivity contribution in [2.24, 2.45) is 0 Å². The Morgan fingerprint density at radius 3 is 2.45 bits per heavy atom. The zero-order valence-corrected chi connectivity index (χ0v) is 11.5. The Morgan fingerprint density at radius 2 is 1.85 bits per heavy atom. The maximum atomic E-state index is 11.8. The number of aromatic nitrogens is 2. The maximum absolute atomic E-state index is 11.8. The van der Waals surface area contributed by atoms with Gasteiger partial charge in [-0.05, 0) is 18.2 Å². The van der Waals surface area contributed by atoms with E-state index in [1.165, 1.54) is 24.4 Å². The first-order valence-electron chi connectivity index (χ1n) is 5.50. The van der Waals surface area contributed by atoms with Crippen molar-refractivity contribution in [2.75, 3.05) is 5.32 Å². The Hall–Kier alpha value is -2.05. The summed E-state index contributed by atoms with van der Waals surface area (Å²) in [6.45, 7) is -0.236. The highest BCUT2D eigenvalue weighted by Gasteiger charge is 2.06. The lowest BCUT2D eigenvalue weighted by molar-refractivity contribution is -0.116. The average Bonchev–Trinajstić information content (AvgIpc) is 2.31. The molecule has 0 radical (unpaired) electrons. The minimum atomic E-state index is -0.656. The molecule has 0 aliphatic carbocycles. The van der Waals surface area contributed by atoms with Crippen LogP contribution in [0, 0.1) is 0 Å². The van der Waals surface area contributed by atoms with Crippen molar-refractivity contribution in [2.45, 2.75) is 6.54 Å². The van der Waals surface area contributed by atoms with E-state index in [1.807, 2.05) is 0 Å². The molecular weight excluding hydrogens is 305 g/mol. The highest BCUT2D eigenvalue weighted by molar-refractivity contribution is 6.35. The lowest BCUT2D eigenvalue weighted by Crippen LogP contribution is -2.32. The van der Waals surface area contributed by atoms with E-state index in [2.05, 4.69) is 10.3 Å². The van der Waals surface area contributed by atoms with Crippen molar-refractivity contribution in [3.05, 3.63) is 61.3 Å². The van der Waals surface area contributed by atoms with Crippen LogP contribution < -0.4 is 16.6 Å². The van der Waals surface area contributed by atoms with Gasteiger partial charge in [0.05, 0.1) is 0 Å². The summed E-state index contributed by atoms with van der Waals surface area (Å²) in [4.78, 5) is 36.2. The molecule has 1 heterocycles. The van der Waals surface area contributed by atoms with Crippen molar-refractivity contribution < 1.29 is 4.79 Å². The number of benzene rings is 1. The van der Waals surface area contributed by atoms with Gasteiger partial charge in [-0.2, -0.15) is 0 Å². The van der Waals surface area contributed by atoms with E-state index in [9.17, 15) is 14.4 Å². The molecular formula is C12H9Cl2N3O3. The molecule has 20 heavy (non-hydrogen) atoms. The molecule has 0 saturated heterocycles. The molecule has 2 N–H and O–H groups in total. The summed E-state index contributed by atoms with van der Waals surface area (Å²) in [6.07, 6.45) is 1.24. The first-order valence-corrected chi connectivity index (χ1v) is 6.25. The normalized spacial score (nSPS) is 10.3. The van der Waals surface area contributed by atoms with Gasteiger partial charge in [-0.3, -0.25) is 19.1 Å². The number of aromatic amines is 1. The molecule has 0 spiro atoms. The molecule has 2 aromatic rings. The molecule has 0 saturated carbocycles. The summed E-state index contributed by atoms with van der Waals surface area (Å²) in [5.74, 6) is -0.447. The minimum absolute atomic E-state index is 0.236. The van der Waals surface area contributed by atoms with E-state index in [0.717, 1.165) is 10.6 Å². The van der Waals surface area contributed by atoms with Gasteiger partial charge in [0.25, 0.3) is 5.56 Å². The number of carbonyl (C=O) groups is 1. The van der Waals surface area contributed by atoms with Crippen molar-refractivity contribution >= 4 is 34.8 Å². The first-order chi connectivity index (χ1) is 9.44. The van der Waals surface area contributed by atoms with Crippen molar-refractivity contribution in [1.29, 1.82) is 0 Å². The predicted octanol–water partition coefficient (Wildman–Crippen LogP) is 1.48. The number of hydrogen-bond acceptors (Lipinski definition) is 3. The number of nitrogens with zero attached hydrogens (tertiary/aromatic N) is 1. The van der Waals surface area contributed by atoms with E-state index in [-0.39, 0.29) is 6.54 Å². The SMILES string of the molecule is O=C(Cn1ccc(=O)[nH]c1=O)Nc1cc(Cl)cc(Cl)c1. The molecule has 104 valence electrons. The van der Waals surface area contributed by atoms with Gasteiger partial charge < -0.3 is 5.32 Å². The number of amides is 1. The summed E-state index contributed by atoms with van der Waals surface area (Å²) < 4.78 is 1.07.